The number of aliphatic hydroxyl groups excluding tert-OH is 3. The number of likely N-dealkylation sites (N-methyl/N-ethyl adjacent to an activating group) is 2. The predicted molar refractivity (Wildman–Crippen MR) is 199 cm³/mol. The minimum absolute atomic E-state index is 0.134. The fourth-order valence-corrected chi connectivity index (χ4v) is 8.85. The molecule has 3 fully saturated rings. The van der Waals surface area contributed by atoms with E-state index < -0.39 is 96.0 Å². The van der Waals surface area contributed by atoms with Crippen molar-refractivity contribution in [1.82, 2.24) is 9.80 Å². The molecule has 0 saturated carbocycles. The lowest BCUT2D eigenvalue weighted by Gasteiger charge is -2.48. The molecule has 14 heteroatoms. The topological polar surface area (TPSA) is 180 Å². The SMILES string of the molecule is CCC[C@H]1OC(=O)[C@H](C)[C@@H](O[C@H]2C[C@@](C)(OC)[C@@H](O)[C@H](C)O2)[C@H](C)[C@@H](OC2O[C@@H](C)C[C@H](N(C)C)[C@H]2O)[C@](C)(O)C[C@@H](C)CN(C)[C@H](C)[C@@H](O)[C@]1(C)O. The fraction of sp³-hybridized carbons (Fsp3) is 0.974. The van der Waals surface area contributed by atoms with Gasteiger partial charge in [0.1, 0.15) is 30.0 Å². The van der Waals surface area contributed by atoms with Gasteiger partial charge in [-0.3, -0.25) is 4.79 Å². The van der Waals surface area contributed by atoms with Crippen molar-refractivity contribution >= 4 is 5.97 Å². The van der Waals surface area contributed by atoms with Gasteiger partial charge in [-0.25, -0.2) is 0 Å². The van der Waals surface area contributed by atoms with Crippen molar-refractivity contribution in [2.75, 3.05) is 34.8 Å². The van der Waals surface area contributed by atoms with Crippen LogP contribution in [0.4, 0.5) is 0 Å². The standard InChI is InChI=1S/C39H74N2O12/c1-15-16-28-39(10,47)32(43)25(6)41(13)20-21(2)18-37(8,46)34(53-36-30(42)27(40(11)12)17-22(3)49-36)23(4)31(24(5)35(45)51-28)52-29-19-38(9,48-14)33(44)26(7)50-29/h21-34,36,42-44,46-47H,15-20H2,1-14H3/t21-,22+,23+,24-,25-,26+,27+,28-,29+,30-,31+,32-,33+,34-,36?,37-,38-,39-/m1/s1. The molecule has 0 bridgehead atoms. The molecule has 53 heavy (non-hydrogen) atoms. The quantitative estimate of drug-likeness (QED) is 0.228. The van der Waals surface area contributed by atoms with Gasteiger partial charge in [0.25, 0.3) is 0 Å². The van der Waals surface area contributed by atoms with E-state index in [0.29, 0.717) is 25.8 Å². The van der Waals surface area contributed by atoms with Gasteiger partial charge in [-0.1, -0.05) is 27.2 Å². The Morgan fingerprint density at radius 2 is 1.57 bits per heavy atom. The first-order valence-electron chi connectivity index (χ1n) is 19.6. The Balaban J connectivity index is 2.19. The highest BCUT2D eigenvalue weighted by atomic mass is 16.7. The zero-order valence-electron chi connectivity index (χ0n) is 34.9. The van der Waals surface area contributed by atoms with Crippen LogP contribution in [0.25, 0.3) is 0 Å². The monoisotopic (exact) mass is 763 g/mol. The lowest BCUT2D eigenvalue weighted by Crippen LogP contribution is -2.60. The molecule has 0 aromatic carbocycles. The van der Waals surface area contributed by atoms with Crippen LogP contribution < -0.4 is 0 Å². The molecule has 0 aliphatic carbocycles. The lowest BCUT2D eigenvalue weighted by atomic mass is 9.77. The highest BCUT2D eigenvalue weighted by molar-refractivity contribution is 5.73. The highest BCUT2D eigenvalue weighted by Gasteiger charge is 2.52. The van der Waals surface area contributed by atoms with E-state index >= 15 is 0 Å². The summed E-state index contributed by atoms with van der Waals surface area (Å²) in [6.07, 6.45) is -7.53. The number of rotatable bonds is 8. The summed E-state index contributed by atoms with van der Waals surface area (Å²) in [6, 6.07) is -0.808. The van der Waals surface area contributed by atoms with E-state index in [1.54, 1.807) is 27.7 Å². The number of esters is 1. The van der Waals surface area contributed by atoms with E-state index in [1.165, 1.54) is 14.0 Å². The van der Waals surface area contributed by atoms with Gasteiger partial charge in [0, 0.05) is 38.1 Å². The van der Waals surface area contributed by atoms with Gasteiger partial charge in [0.2, 0.25) is 0 Å². The summed E-state index contributed by atoms with van der Waals surface area (Å²) >= 11 is 0. The molecule has 18 atom stereocenters. The fourth-order valence-electron chi connectivity index (χ4n) is 8.85. The van der Waals surface area contributed by atoms with Crippen molar-refractivity contribution in [1.29, 1.82) is 0 Å². The number of ether oxygens (including phenoxy) is 6. The third kappa shape index (κ3) is 10.7. The zero-order chi connectivity index (χ0) is 40.4. The van der Waals surface area contributed by atoms with Crippen molar-refractivity contribution in [3.8, 4) is 0 Å². The molecule has 0 spiro atoms. The first-order valence-corrected chi connectivity index (χ1v) is 19.6. The van der Waals surface area contributed by atoms with Crippen molar-refractivity contribution in [3.63, 3.8) is 0 Å². The van der Waals surface area contributed by atoms with E-state index in [9.17, 15) is 30.3 Å². The minimum Gasteiger partial charge on any atom is -0.459 e. The molecule has 0 aromatic heterocycles. The van der Waals surface area contributed by atoms with Gasteiger partial charge in [-0.05, 0) is 94.8 Å². The summed E-state index contributed by atoms with van der Waals surface area (Å²) in [5, 5.41) is 58.4. The van der Waals surface area contributed by atoms with Crippen LogP contribution in [0.3, 0.4) is 0 Å². The van der Waals surface area contributed by atoms with Gasteiger partial charge in [0.05, 0.1) is 41.5 Å². The molecule has 0 aromatic rings. The predicted octanol–water partition coefficient (Wildman–Crippen LogP) is 2.29. The number of nitrogens with zero attached hydrogens (tertiary/aromatic N) is 2. The largest absolute Gasteiger partial charge is 0.459 e. The van der Waals surface area contributed by atoms with Crippen LogP contribution in [0.15, 0.2) is 0 Å². The van der Waals surface area contributed by atoms with Crippen LogP contribution >= 0.6 is 0 Å². The van der Waals surface area contributed by atoms with Gasteiger partial charge in [0.15, 0.2) is 12.6 Å². The van der Waals surface area contributed by atoms with E-state index in [1.807, 2.05) is 65.6 Å². The first-order chi connectivity index (χ1) is 24.4. The molecule has 14 nitrogen and oxygen atoms in total. The molecule has 1 unspecified atom stereocenters. The van der Waals surface area contributed by atoms with Gasteiger partial charge in [-0.2, -0.15) is 0 Å². The normalized spacial score (nSPS) is 48.9. The van der Waals surface area contributed by atoms with Crippen molar-refractivity contribution < 1.29 is 58.7 Å². The summed E-state index contributed by atoms with van der Waals surface area (Å²) in [5.74, 6) is -2.57. The smallest absolute Gasteiger partial charge is 0.311 e. The molecule has 3 rings (SSSR count). The first kappa shape index (κ1) is 46.4. The maximum Gasteiger partial charge on any atom is 0.311 e. The second-order valence-electron chi connectivity index (χ2n) is 17.5. The molecular formula is C39H74N2O12. The lowest BCUT2D eigenvalue weighted by molar-refractivity contribution is -0.318. The Morgan fingerprint density at radius 1 is 0.943 bits per heavy atom. The molecule has 3 aliphatic rings. The van der Waals surface area contributed by atoms with Crippen LogP contribution in [0.2, 0.25) is 0 Å². The van der Waals surface area contributed by atoms with E-state index in [4.69, 9.17) is 28.4 Å². The zero-order valence-corrected chi connectivity index (χ0v) is 34.9. The van der Waals surface area contributed by atoms with E-state index in [2.05, 4.69) is 0 Å². The second-order valence-corrected chi connectivity index (χ2v) is 17.5. The second kappa shape index (κ2) is 18.5. The number of methoxy groups -OCH3 is 1. The number of hydrogen-bond acceptors (Lipinski definition) is 14. The van der Waals surface area contributed by atoms with E-state index in [-0.39, 0.29) is 30.9 Å². The third-order valence-corrected chi connectivity index (χ3v) is 12.4. The van der Waals surface area contributed by atoms with Crippen molar-refractivity contribution in [3.05, 3.63) is 0 Å². The molecule has 3 saturated heterocycles. The molecular weight excluding hydrogens is 688 g/mol. The maximum absolute atomic E-state index is 14.3. The summed E-state index contributed by atoms with van der Waals surface area (Å²) in [7, 11) is 7.13. The summed E-state index contributed by atoms with van der Waals surface area (Å²) in [5.41, 5.74) is -4.38. The Kier molecular flexibility index (Phi) is 16.2. The Hall–Kier alpha value is -1.01. The van der Waals surface area contributed by atoms with Crippen LogP contribution in [-0.2, 0) is 33.2 Å². The summed E-state index contributed by atoms with van der Waals surface area (Å²) in [6.45, 7) is 18.2. The number of carbonyl (C=O) groups excluding carboxylic acids is 1. The maximum atomic E-state index is 14.3. The summed E-state index contributed by atoms with van der Waals surface area (Å²) < 4.78 is 37.7. The van der Waals surface area contributed by atoms with Crippen LogP contribution in [-0.4, -0.2) is 166 Å². The minimum atomic E-state index is -1.80. The van der Waals surface area contributed by atoms with Gasteiger partial charge in [-0.15, -0.1) is 0 Å². The average Bonchev–Trinajstić information content (AvgIpc) is 3.07. The number of cyclic esters (lactones) is 1. The molecule has 3 aliphatic heterocycles. The molecule has 0 radical (unpaired) electrons. The number of hydrogen-bond donors (Lipinski definition) is 5. The Bertz CT molecular complexity index is 1160. The molecule has 5 N–H and O–H groups in total. The van der Waals surface area contributed by atoms with Crippen molar-refractivity contribution in [2.24, 2.45) is 17.8 Å². The highest BCUT2D eigenvalue weighted by Crippen LogP contribution is 2.40. The van der Waals surface area contributed by atoms with Gasteiger partial charge < -0.3 is 63.8 Å². The average molecular weight is 763 g/mol. The van der Waals surface area contributed by atoms with Crippen molar-refractivity contribution in [2.45, 2.75) is 192 Å². The Morgan fingerprint density at radius 3 is 2.13 bits per heavy atom. The Labute approximate surface area is 318 Å². The van der Waals surface area contributed by atoms with Crippen LogP contribution in [0, 0.1) is 17.8 Å². The summed E-state index contributed by atoms with van der Waals surface area (Å²) in [4.78, 5) is 18.2. The number of aliphatic hydroxyl groups is 5. The molecule has 0 amide bonds. The van der Waals surface area contributed by atoms with E-state index in [0.717, 1.165) is 0 Å². The van der Waals surface area contributed by atoms with Gasteiger partial charge >= 0.3 is 5.97 Å². The number of carbonyl (C=O) groups is 1. The molecule has 312 valence electrons. The molecule has 3 heterocycles. The van der Waals surface area contributed by atoms with Crippen LogP contribution in [0.1, 0.15) is 101 Å². The van der Waals surface area contributed by atoms with Crippen LogP contribution in [0.5, 0.6) is 0 Å². The third-order valence-electron chi connectivity index (χ3n) is 12.4.